The fraction of sp³-hybridized carbons (Fsp3) is 0.934. The molecule has 0 rings (SSSR count). The van der Waals surface area contributed by atoms with Gasteiger partial charge < -0.3 is 20.3 Å². The maximum absolute atomic E-state index is 12.5. The third kappa shape index (κ3) is 53.8. The molecule has 0 radical (unpaired) electrons. The molecule has 0 aromatic carbocycles. The molecule has 3 N–H and O–H groups in total. The summed E-state index contributed by atoms with van der Waals surface area (Å²) in [5.74, 6) is -0.0235. The van der Waals surface area contributed by atoms with Gasteiger partial charge in [0.15, 0.2) is 0 Å². The third-order valence-corrected chi connectivity index (χ3v) is 14.3. The predicted molar refractivity (Wildman–Crippen MR) is 292 cm³/mol. The van der Waals surface area contributed by atoms with Gasteiger partial charge in [-0.25, -0.2) is 0 Å². The highest BCUT2D eigenvalue weighted by atomic mass is 16.5. The molecule has 0 bridgehead atoms. The Morgan fingerprint density at radius 2 is 0.701 bits per heavy atom. The topological polar surface area (TPSA) is 95.9 Å². The van der Waals surface area contributed by atoms with Gasteiger partial charge in [0.2, 0.25) is 5.91 Å². The molecule has 0 aliphatic rings. The summed E-state index contributed by atoms with van der Waals surface area (Å²) in [4.78, 5) is 24.5. The van der Waals surface area contributed by atoms with E-state index in [4.69, 9.17) is 4.74 Å². The monoisotopic (exact) mass is 946 g/mol. The lowest BCUT2D eigenvalue weighted by molar-refractivity contribution is -0.143. The summed E-state index contributed by atoms with van der Waals surface area (Å²) < 4.78 is 5.48. The van der Waals surface area contributed by atoms with Crippen molar-refractivity contribution >= 4 is 11.9 Å². The fourth-order valence-corrected chi connectivity index (χ4v) is 9.64. The van der Waals surface area contributed by atoms with E-state index in [1.165, 1.54) is 270 Å². The molecule has 0 fully saturated rings. The molecule has 0 saturated heterocycles. The zero-order chi connectivity index (χ0) is 48.6. The van der Waals surface area contributed by atoms with Crippen LogP contribution in [0.5, 0.6) is 0 Å². The van der Waals surface area contributed by atoms with Gasteiger partial charge in [-0.2, -0.15) is 0 Å². The molecule has 6 nitrogen and oxygen atoms in total. The minimum absolute atomic E-state index is 0.0146. The first kappa shape index (κ1) is 65.6. The van der Waals surface area contributed by atoms with E-state index in [0.29, 0.717) is 25.9 Å². The number of hydrogen-bond acceptors (Lipinski definition) is 5. The Hall–Kier alpha value is -1.40. The van der Waals surface area contributed by atoms with Crippen LogP contribution < -0.4 is 5.32 Å². The number of amides is 1. The van der Waals surface area contributed by atoms with Crippen molar-refractivity contribution in [3.63, 3.8) is 0 Å². The average Bonchev–Trinajstić information content (AvgIpc) is 3.33. The number of unbranched alkanes of at least 4 members (excludes halogenated alkanes) is 44. The molecule has 67 heavy (non-hydrogen) atoms. The highest BCUT2D eigenvalue weighted by molar-refractivity contribution is 5.76. The molecule has 0 aliphatic heterocycles. The quantitative estimate of drug-likeness (QED) is 0.0321. The first-order chi connectivity index (χ1) is 33.0. The lowest BCUT2D eigenvalue weighted by Crippen LogP contribution is -2.45. The predicted octanol–water partition coefficient (Wildman–Crippen LogP) is 18.9. The lowest BCUT2D eigenvalue weighted by atomic mass is 10.0. The summed E-state index contributed by atoms with van der Waals surface area (Å²) in [6.07, 6.45) is 67.9. The second kappa shape index (κ2) is 57.2. The zero-order valence-electron chi connectivity index (χ0n) is 45.4. The smallest absolute Gasteiger partial charge is 0.305 e. The van der Waals surface area contributed by atoms with Gasteiger partial charge in [-0.05, 0) is 51.4 Å². The van der Waals surface area contributed by atoms with Crippen molar-refractivity contribution in [2.24, 2.45) is 0 Å². The number of esters is 1. The fourth-order valence-electron chi connectivity index (χ4n) is 9.64. The van der Waals surface area contributed by atoms with E-state index in [0.717, 1.165) is 38.5 Å². The van der Waals surface area contributed by atoms with Crippen molar-refractivity contribution in [1.82, 2.24) is 5.32 Å². The minimum Gasteiger partial charge on any atom is -0.466 e. The molecule has 2 atom stereocenters. The van der Waals surface area contributed by atoms with Gasteiger partial charge in [0.25, 0.3) is 0 Å². The van der Waals surface area contributed by atoms with Crippen molar-refractivity contribution in [3.8, 4) is 0 Å². The molecular formula is C61H119NO5. The number of aliphatic hydroxyl groups excluding tert-OH is 2. The summed E-state index contributed by atoms with van der Waals surface area (Å²) in [7, 11) is 0. The lowest BCUT2D eigenvalue weighted by Gasteiger charge is -2.22. The Kier molecular flexibility index (Phi) is 56.0. The van der Waals surface area contributed by atoms with Crippen molar-refractivity contribution in [2.75, 3.05) is 13.2 Å². The molecule has 2 unspecified atom stereocenters. The van der Waals surface area contributed by atoms with Gasteiger partial charge in [-0.1, -0.05) is 289 Å². The number of rotatable bonds is 57. The Bertz CT molecular complexity index is 1000. The molecule has 6 heteroatoms. The van der Waals surface area contributed by atoms with Gasteiger partial charge in [-0.15, -0.1) is 0 Å². The van der Waals surface area contributed by atoms with Crippen LogP contribution in [0.1, 0.15) is 341 Å². The van der Waals surface area contributed by atoms with Crippen LogP contribution in [-0.4, -0.2) is 47.4 Å². The van der Waals surface area contributed by atoms with Crippen LogP contribution in [-0.2, 0) is 14.3 Å². The van der Waals surface area contributed by atoms with E-state index in [1.807, 2.05) is 0 Å². The number of allylic oxidation sites excluding steroid dienone is 2. The molecule has 1 amide bonds. The zero-order valence-corrected chi connectivity index (χ0v) is 45.4. The van der Waals surface area contributed by atoms with Crippen LogP contribution in [0.3, 0.4) is 0 Å². The first-order valence-electron chi connectivity index (χ1n) is 30.4. The van der Waals surface area contributed by atoms with E-state index in [1.54, 1.807) is 0 Å². The van der Waals surface area contributed by atoms with Crippen LogP contribution in [0.2, 0.25) is 0 Å². The van der Waals surface area contributed by atoms with Gasteiger partial charge in [0.1, 0.15) is 0 Å². The Balaban J connectivity index is 3.38. The average molecular weight is 947 g/mol. The Morgan fingerprint density at radius 3 is 1.06 bits per heavy atom. The Labute approximate surface area is 419 Å². The number of carbonyl (C=O) groups excluding carboxylic acids is 2. The maximum atomic E-state index is 12.5. The summed E-state index contributed by atoms with van der Waals surface area (Å²) in [5, 5.41) is 23.2. The highest BCUT2D eigenvalue weighted by Crippen LogP contribution is 2.18. The summed E-state index contributed by atoms with van der Waals surface area (Å²) in [6, 6.07) is -0.543. The SMILES string of the molecule is CCCCCCCCCCCCCCCC(=O)OCCCCCCCCCCCCCC/C=C\CCCCCCCCCCC(=O)NC(CO)C(O)CCCCCCCCCCCCCCC. The molecule has 0 aliphatic carbocycles. The van der Waals surface area contributed by atoms with E-state index < -0.39 is 12.1 Å². The second-order valence-corrected chi connectivity index (χ2v) is 21.0. The van der Waals surface area contributed by atoms with Crippen LogP contribution >= 0.6 is 0 Å². The largest absolute Gasteiger partial charge is 0.466 e. The van der Waals surface area contributed by atoms with Crippen LogP contribution in [0, 0.1) is 0 Å². The summed E-state index contributed by atoms with van der Waals surface area (Å²) in [5.41, 5.74) is 0. The van der Waals surface area contributed by atoms with Crippen molar-refractivity contribution in [1.29, 1.82) is 0 Å². The summed E-state index contributed by atoms with van der Waals surface area (Å²) >= 11 is 0. The molecule has 0 aromatic heterocycles. The molecular weight excluding hydrogens is 827 g/mol. The number of carbonyl (C=O) groups is 2. The first-order valence-corrected chi connectivity index (χ1v) is 30.4. The second-order valence-electron chi connectivity index (χ2n) is 21.0. The number of ether oxygens (including phenoxy) is 1. The molecule has 0 saturated carbocycles. The van der Waals surface area contributed by atoms with Crippen LogP contribution in [0.4, 0.5) is 0 Å². The molecule has 0 heterocycles. The van der Waals surface area contributed by atoms with Gasteiger partial charge >= 0.3 is 5.97 Å². The van der Waals surface area contributed by atoms with Crippen molar-refractivity contribution < 1.29 is 24.5 Å². The standard InChI is InChI=1S/C61H119NO5/c1-3-5-7-9-11-13-15-29-33-37-41-45-49-53-59(64)58(57-63)62-60(65)54-50-46-42-38-34-31-27-25-23-21-19-17-18-20-22-24-26-28-32-36-40-44-48-52-56-67-61(66)55-51-47-43-39-35-30-16-14-12-10-8-6-4-2/h19,21,58-59,63-64H,3-18,20,22-57H2,1-2H3,(H,62,65)/b21-19-. The maximum Gasteiger partial charge on any atom is 0.305 e. The number of hydrogen-bond donors (Lipinski definition) is 3. The van der Waals surface area contributed by atoms with Crippen LogP contribution in [0.15, 0.2) is 12.2 Å². The normalized spacial score (nSPS) is 12.6. The molecule has 0 spiro atoms. The number of aliphatic hydroxyl groups is 2. The van der Waals surface area contributed by atoms with Crippen molar-refractivity contribution in [2.45, 2.75) is 353 Å². The van der Waals surface area contributed by atoms with Gasteiger partial charge in [0.05, 0.1) is 25.4 Å². The van der Waals surface area contributed by atoms with Crippen LogP contribution in [0.25, 0.3) is 0 Å². The highest BCUT2D eigenvalue weighted by Gasteiger charge is 2.20. The van der Waals surface area contributed by atoms with E-state index in [2.05, 4.69) is 31.3 Å². The van der Waals surface area contributed by atoms with Gasteiger partial charge in [-0.3, -0.25) is 9.59 Å². The van der Waals surface area contributed by atoms with E-state index >= 15 is 0 Å². The third-order valence-electron chi connectivity index (χ3n) is 14.3. The summed E-state index contributed by atoms with van der Waals surface area (Å²) in [6.45, 7) is 4.97. The van der Waals surface area contributed by atoms with Crippen molar-refractivity contribution in [3.05, 3.63) is 12.2 Å². The molecule has 398 valence electrons. The van der Waals surface area contributed by atoms with E-state index in [-0.39, 0.29) is 18.5 Å². The Morgan fingerprint density at radius 1 is 0.403 bits per heavy atom. The minimum atomic E-state index is -0.665. The number of nitrogens with one attached hydrogen (secondary N) is 1. The van der Waals surface area contributed by atoms with E-state index in [9.17, 15) is 19.8 Å². The molecule has 0 aromatic rings. The van der Waals surface area contributed by atoms with Gasteiger partial charge in [0, 0.05) is 12.8 Å².